The Balaban J connectivity index is 1.80. The molecule has 0 amide bonds. The number of rotatable bonds is 4. The average Bonchev–Trinajstić information content (AvgIpc) is 2.59. The quantitative estimate of drug-likeness (QED) is 0.856. The van der Waals surface area contributed by atoms with Crippen molar-refractivity contribution in [2.75, 3.05) is 31.9 Å². The van der Waals surface area contributed by atoms with E-state index in [0.717, 1.165) is 6.54 Å². The van der Waals surface area contributed by atoms with Gasteiger partial charge in [0, 0.05) is 17.0 Å². The maximum atomic E-state index is 6.11. The van der Waals surface area contributed by atoms with Crippen molar-refractivity contribution in [3.05, 3.63) is 0 Å². The largest absolute Gasteiger partial charge is 0.330 e. The molecule has 0 radical (unpaired) electrons. The van der Waals surface area contributed by atoms with Crippen LogP contribution in [-0.4, -0.2) is 41.6 Å². The maximum Gasteiger partial charge on any atom is 0.0116 e. The highest BCUT2D eigenvalue weighted by atomic mass is 32.2. The Labute approximate surface area is 123 Å². The predicted molar refractivity (Wildman–Crippen MR) is 86.8 cm³/mol. The Hall–Kier alpha value is 0.270. The highest BCUT2D eigenvalue weighted by molar-refractivity contribution is 8.00. The fourth-order valence-electron chi connectivity index (χ4n) is 3.54. The lowest BCUT2D eigenvalue weighted by Crippen LogP contribution is -2.38. The van der Waals surface area contributed by atoms with E-state index < -0.39 is 0 Å². The molecule has 0 unspecified atom stereocenters. The fourth-order valence-corrected chi connectivity index (χ4v) is 4.68. The average molecular weight is 285 g/mol. The summed E-state index contributed by atoms with van der Waals surface area (Å²) in [6, 6.07) is 0. The van der Waals surface area contributed by atoms with Gasteiger partial charge in [-0.3, -0.25) is 0 Å². The van der Waals surface area contributed by atoms with Crippen LogP contribution in [0.4, 0.5) is 0 Å². The molecule has 2 fully saturated rings. The number of hydrogen-bond donors (Lipinski definition) is 1. The maximum absolute atomic E-state index is 6.11. The zero-order chi connectivity index (χ0) is 13.8. The highest BCUT2D eigenvalue weighted by Gasteiger charge is 2.31. The summed E-state index contributed by atoms with van der Waals surface area (Å²) in [6.45, 7) is 9.51. The summed E-state index contributed by atoms with van der Waals surface area (Å²) in [6.07, 6.45) is 9.63. The van der Waals surface area contributed by atoms with Gasteiger partial charge >= 0.3 is 0 Å². The van der Waals surface area contributed by atoms with Crippen molar-refractivity contribution in [1.82, 2.24) is 4.90 Å². The van der Waals surface area contributed by atoms with Crippen molar-refractivity contribution >= 4 is 11.8 Å². The van der Waals surface area contributed by atoms with E-state index in [2.05, 4.69) is 30.5 Å². The molecule has 0 aromatic rings. The number of hydrogen-bond acceptors (Lipinski definition) is 3. The molecule has 3 heteroatoms. The van der Waals surface area contributed by atoms with E-state index in [1.54, 1.807) is 0 Å². The van der Waals surface area contributed by atoms with Crippen molar-refractivity contribution in [1.29, 1.82) is 0 Å². The van der Waals surface area contributed by atoms with Gasteiger partial charge in [0.2, 0.25) is 0 Å². The number of nitrogens with two attached hydrogens (primary N) is 1. The Morgan fingerprint density at radius 3 is 2.47 bits per heavy atom. The van der Waals surface area contributed by atoms with Crippen molar-refractivity contribution in [2.24, 2.45) is 11.1 Å². The van der Waals surface area contributed by atoms with Gasteiger partial charge in [0.15, 0.2) is 0 Å². The molecule has 1 aliphatic heterocycles. The van der Waals surface area contributed by atoms with E-state index in [0.29, 0.717) is 10.2 Å². The minimum Gasteiger partial charge on any atom is -0.330 e. The Morgan fingerprint density at radius 1 is 1.05 bits per heavy atom. The molecule has 0 spiro atoms. The van der Waals surface area contributed by atoms with E-state index in [-0.39, 0.29) is 0 Å². The van der Waals surface area contributed by atoms with Crippen LogP contribution in [0.5, 0.6) is 0 Å². The molecule has 0 aromatic heterocycles. The lowest BCUT2D eigenvalue weighted by atomic mass is 9.72. The van der Waals surface area contributed by atoms with Gasteiger partial charge in [0.25, 0.3) is 0 Å². The van der Waals surface area contributed by atoms with Crippen LogP contribution in [-0.2, 0) is 0 Å². The first-order chi connectivity index (χ1) is 9.05. The van der Waals surface area contributed by atoms with E-state index in [1.807, 2.05) is 0 Å². The Morgan fingerprint density at radius 2 is 1.79 bits per heavy atom. The molecule has 1 aliphatic carbocycles. The van der Waals surface area contributed by atoms with Gasteiger partial charge in [-0.25, -0.2) is 0 Å². The molecule has 0 aromatic carbocycles. The first kappa shape index (κ1) is 15.7. The lowest BCUT2D eigenvalue weighted by molar-refractivity contribution is 0.148. The van der Waals surface area contributed by atoms with Crippen molar-refractivity contribution in [3.63, 3.8) is 0 Å². The molecule has 0 bridgehead atoms. The predicted octanol–water partition coefficient (Wildman–Crippen LogP) is 3.50. The minimum absolute atomic E-state index is 0.477. The summed E-state index contributed by atoms with van der Waals surface area (Å²) in [4.78, 5) is 2.69. The Kier molecular flexibility index (Phi) is 5.62. The SMILES string of the molecule is CC1(C)CCN(CCC2(CN)CCCCC2)CCS1. The standard InChI is InChI=1S/C16H32N2S/c1-15(2)8-10-18(12-13-19-15)11-9-16(14-17)6-4-3-5-7-16/h3-14,17H2,1-2H3. The van der Waals surface area contributed by atoms with E-state index in [1.165, 1.54) is 70.3 Å². The number of nitrogens with zero attached hydrogens (tertiary/aromatic N) is 1. The second-order valence-electron chi connectivity index (χ2n) is 7.21. The molecule has 1 saturated carbocycles. The van der Waals surface area contributed by atoms with Crippen LogP contribution in [0.1, 0.15) is 58.8 Å². The molecule has 2 nitrogen and oxygen atoms in total. The highest BCUT2D eigenvalue weighted by Crippen LogP contribution is 2.39. The molecular formula is C16H32N2S. The molecule has 19 heavy (non-hydrogen) atoms. The molecule has 0 atom stereocenters. The molecule has 2 rings (SSSR count). The van der Waals surface area contributed by atoms with Gasteiger partial charge in [0.05, 0.1) is 0 Å². The smallest absolute Gasteiger partial charge is 0.0116 e. The van der Waals surface area contributed by atoms with Gasteiger partial charge in [-0.1, -0.05) is 33.1 Å². The molecule has 2 aliphatic rings. The summed E-state index contributed by atoms with van der Waals surface area (Å²) in [5.41, 5.74) is 6.58. The molecule has 1 saturated heterocycles. The summed E-state index contributed by atoms with van der Waals surface area (Å²) in [5, 5.41) is 0. The summed E-state index contributed by atoms with van der Waals surface area (Å²) >= 11 is 2.14. The van der Waals surface area contributed by atoms with Gasteiger partial charge in [-0.05, 0) is 50.7 Å². The third kappa shape index (κ3) is 4.64. The van der Waals surface area contributed by atoms with Crippen molar-refractivity contribution in [2.45, 2.75) is 63.5 Å². The topological polar surface area (TPSA) is 29.3 Å². The fraction of sp³-hybridized carbons (Fsp3) is 1.00. The normalized spacial score (nSPS) is 27.9. The third-order valence-corrected chi connectivity index (χ3v) is 6.61. The van der Waals surface area contributed by atoms with Gasteiger partial charge in [0.1, 0.15) is 0 Å². The van der Waals surface area contributed by atoms with Crippen molar-refractivity contribution < 1.29 is 0 Å². The second kappa shape index (κ2) is 6.82. The van der Waals surface area contributed by atoms with Gasteiger partial charge < -0.3 is 10.6 Å². The summed E-state index contributed by atoms with van der Waals surface area (Å²) in [7, 11) is 0. The second-order valence-corrected chi connectivity index (χ2v) is 9.02. The first-order valence-electron chi connectivity index (χ1n) is 8.12. The minimum atomic E-state index is 0.477. The third-order valence-electron chi connectivity index (χ3n) is 5.24. The summed E-state index contributed by atoms with van der Waals surface area (Å²) < 4.78 is 0.477. The summed E-state index contributed by atoms with van der Waals surface area (Å²) in [5.74, 6) is 1.29. The monoisotopic (exact) mass is 284 g/mol. The van der Waals surface area contributed by atoms with Crippen LogP contribution in [0, 0.1) is 5.41 Å². The van der Waals surface area contributed by atoms with Crippen molar-refractivity contribution in [3.8, 4) is 0 Å². The van der Waals surface area contributed by atoms with E-state index in [9.17, 15) is 0 Å². The lowest BCUT2D eigenvalue weighted by Gasteiger charge is -2.38. The van der Waals surface area contributed by atoms with Crippen LogP contribution in [0.2, 0.25) is 0 Å². The molecular weight excluding hydrogens is 252 g/mol. The van der Waals surface area contributed by atoms with Gasteiger partial charge in [-0.2, -0.15) is 11.8 Å². The first-order valence-corrected chi connectivity index (χ1v) is 9.10. The molecule has 112 valence electrons. The van der Waals surface area contributed by atoms with E-state index in [4.69, 9.17) is 5.73 Å². The molecule has 2 N–H and O–H groups in total. The zero-order valence-corrected chi connectivity index (χ0v) is 13.7. The van der Waals surface area contributed by atoms with Crippen LogP contribution in [0.15, 0.2) is 0 Å². The Bertz CT molecular complexity index is 272. The van der Waals surface area contributed by atoms with Crippen LogP contribution in [0.25, 0.3) is 0 Å². The van der Waals surface area contributed by atoms with Crippen LogP contribution in [0.3, 0.4) is 0 Å². The molecule has 1 heterocycles. The van der Waals surface area contributed by atoms with Crippen LogP contribution < -0.4 is 5.73 Å². The van der Waals surface area contributed by atoms with Gasteiger partial charge in [-0.15, -0.1) is 0 Å². The number of thioether (sulfide) groups is 1. The van der Waals surface area contributed by atoms with E-state index >= 15 is 0 Å². The zero-order valence-electron chi connectivity index (χ0n) is 12.9. The van der Waals surface area contributed by atoms with Crippen LogP contribution >= 0.6 is 11.8 Å².